The molecule has 54 heavy (non-hydrogen) atoms. The Hall–Kier alpha value is -7.16. The van der Waals surface area contributed by atoms with Gasteiger partial charge < -0.3 is 9.32 Å². The summed E-state index contributed by atoms with van der Waals surface area (Å²) in [5, 5.41) is 4.54. The summed E-state index contributed by atoms with van der Waals surface area (Å²) in [7, 11) is 0. The molecular formula is C52H35NO. The maximum Gasteiger partial charge on any atom is 0.143 e. The molecule has 0 saturated heterocycles. The molecule has 0 bridgehead atoms. The molecule has 2 nitrogen and oxygen atoms in total. The molecule has 0 aliphatic heterocycles. The van der Waals surface area contributed by atoms with Crippen molar-refractivity contribution in [3.05, 3.63) is 212 Å². The molecule has 1 aromatic heterocycles. The van der Waals surface area contributed by atoms with Gasteiger partial charge in [-0.25, -0.2) is 0 Å². The normalized spacial score (nSPS) is 11.3. The van der Waals surface area contributed by atoms with Crippen LogP contribution < -0.4 is 4.90 Å². The topological polar surface area (TPSA) is 16.4 Å². The van der Waals surface area contributed by atoms with Gasteiger partial charge in [-0.3, -0.25) is 0 Å². The smallest absolute Gasteiger partial charge is 0.143 e. The van der Waals surface area contributed by atoms with Gasteiger partial charge in [0, 0.05) is 33.1 Å². The van der Waals surface area contributed by atoms with Crippen LogP contribution in [-0.4, -0.2) is 0 Å². The van der Waals surface area contributed by atoms with Gasteiger partial charge in [0.15, 0.2) is 0 Å². The van der Waals surface area contributed by atoms with Crippen LogP contribution in [-0.2, 0) is 0 Å². The van der Waals surface area contributed by atoms with E-state index in [1.165, 1.54) is 38.8 Å². The number of furan rings is 1. The molecule has 0 fully saturated rings. The molecule has 2 heteroatoms. The zero-order chi connectivity index (χ0) is 35.8. The number of nitrogens with zero attached hydrogens (tertiary/aromatic N) is 1. The molecule has 0 spiro atoms. The first-order valence-electron chi connectivity index (χ1n) is 18.4. The highest BCUT2D eigenvalue weighted by atomic mass is 16.3. The average Bonchev–Trinajstić information content (AvgIpc) is 3.65. The van der Waals surface area contributed by atoms with Gasteiger partial charge in [0.25, 0.3) is 0 Å². The Morgan fingerprint density at radius 1 is 0.333 bits per heavy atom. The van der Waals surface area contributed by atoms with E-state index in [0.29, 0.717) is 0 Å². The van der Waals surface area contributed by atoms with E-state index in [0.717, 1.165) is 55.5 Å². The lowest BCUT2D eigenvalue weighted by Gasteiger charge is -2.28. The van der Waals surface area contributed by atoms with E-state index in [-0.39, 0.29) is 0 Å². The molecule has 0 aliphatic rings. The summed E-state index contributed by atoms with van der Waals surface area (Å²) >= 11 is 0. The highest BCUT2D eigenvalue weighted by Gasteiger charge is 2.21. The van der Waals surface area contributed by atoms with Crippen LogP contribution in [0.15, 0.2) is 217 Å². The predicted octanol–water partition coefficient (Wildman–Crippen LogP) is 14.9. The Labute approximate surface area is 314 Å². The van der Waals surface area contributed by atoms with Crippen molar-refractivity contribution in [2.75, 3.05) is 4.90 Å². The van der Waals surface area contributed by atoms with Gasteiger partial charge >= 0.3 is 0 Å². The minimum absolute atomic E-state index is 0.883. The molecule has 0 N–H and O–H groups in total. The van der Waals surface area contributed by atoms with E-state index in [1.54, 1.807) is 0 Å². The van der Waals surface area contributed by atoms with Crippen molar-refractivity contribution in [2.24, 2.45) is 0 Å². The molecule has 10 aromatic rings. The first kappa shape index (κ1) is 31.6. The van der Waals surface area contributed by atoms with Crippen LogP contribution in [0.4, 0.5) is 17.1 Å². The number of rotatable bonds is 7. The Morgan fingerprint density at radius 3 is 1.63 bits per heavy atom. The molecule has 0 aliphatic carbocycles. The fraction of sp³-hybridized carbons (Fsp3) is 0. The lowest BCUT2D eigenvalue weighted by Crippen LogP contribution is -2.11. The van der Waals surface area contributed by atoms with E-state index in [2.05, 4.69) is 217 Å². The van der Waals surface area contributed by atoms with E-state index in [9.17, 15) is 0 Å². The zero-order valence-electron chi connectivity index (χ0n) is 29.6. The second-order valence-electron chi connectivity index (χ2n) is 13.7. The highest BCUT2D eigenvalue weighted by Crippen LogP contribution is 2.46. The fourth-order valence-electron chi connectivity index (χ4n) is 7.85. The third kappa shape index (κ3) is 5.62. The first-order chi connectivity index (χ1) is 26.8. The van der Waals surface area contributed by atoms with Crippen LogP contribution in [0.25, 0.3) is 77.2 Å². The highest BCUT2D eigenvalue weighted by molar-refractivity contribution is 6.19. The molecule has 9 aromatic carbocycles. The van der Waals surface area contributed by atoms with Crippen molar-refractivity contribution in [2.45, 2.75) is 0 Å². The molecule has 0 saturated carbocycles. The average molecular weight is 690 g/mol. The van der Waals surface area contributed by atoms with Crippen LogP contribution >= 0.6 is 0 Å². The molecule has 0 amide bonds. The maximum absolute atomic E-state index is 6.64. The van der Waals surface area contributed by atoms with Crippen molar-refractivity contribution in [3.8, 4) is 44.5 Å². The van der Waals surface area contributed by atoms with Crippen LogP contribution in [0.1, 0.15) is 0 Å². The van der Waals surface area contributed by atoms with E-state index < -0.39 is 0 Å². The van der Waals surface area contributed by atoms with Gasteiger partial charge in [-0.15, -0.1) is 0 Å². The standard InChI is InChI=1S/C52H35NO/c1-3-13-36(14-4-1)38-25-27-39(28-26-38)40-29-32-43(33-30-40)53(44-19-11-18-42(35-44)37-15-5-2-6-16-37)49-23-10-9-21-46(49)47-22-12-24-50-51(47)48-34-31-41-17-7-8-20-45(41)52(48)54-50/h1-35H. The Balaban J connectivity index is 1.13. The summed E-state index contributed by atoms with van der Waals surface area (Å²) in [5.41, 5.74) is 14.5. The molecule has 0 atom stereocenters. The predicted molar refractivity (Wildman–Crippen MR) is 228 cm³/mol. The van der Waals surface area contributed by atoms with Crippen LogP contribution in [0, 0.1) is 0 Å². The fourth-order valence-corrected chi connectivity index (χ4v) is 7.85. The van der Waals surface area contributed by atoms with Crippen LogP contribution in [0.5, 0.6) is 0 Å². The number of hydrogen-bond donors (Lipinski definition) is 0. The van der Waals surface area contributed by atoms with Gasteiger partial charge in [-0.2, -0.15) is 0 Å². The summed E-state index contributed by atoms with van der Waals surface area (Å²) in [4.78, 5) is 2.39. The Bertz CT molecular complexity index is 2910. The zero-order valence-corrected chi connectivity index (χ0v) is 29.6. The summed E-state index contributed by atoms with van der Waals surface area (Å²) < 4.78 is 6.64. The van der Waals surface area contributed by atoms with Crippen LogP contribution in [0.3, 0.4) is 0 Å². The summed E-state index contributed by atoms with van der Waals surface area (Å²) in [6.45, 7) is 0. The van der Waals surface area contributed by atoms with Crippen molar-refractivity contribution in [3.63, 3.8) is 0 Å². The number of anilines is 3. The SMILES string of the molecule is c1ccc(-c2ccc(-c3ccc(N(c4cccc(-c5ccccc5)c4)c4ccccc4-c4cccc5oc6c7ccccc7ccc6c45)cc3)cc2)cc1. The summed E-state index contributed by atoms with van der Waals surface area (Å²) in [5.74, 6) is 0. The number of fused-ring (bicyclic) bond motifs is 5. The van der Waals surface area contributed by atoms with Crippen molar-refractivity contribution in [1.82, 2.24) is 0 Å². The number of benzene rings is 9. The lowest BCUT2D eigenvalue weighted by molar-refractivity contribution is 0.673. The molecule has 10 rings (SSSR count). The summed E-state index contributed by atoms with van der Waals surface area (Å²) in [6.07, 6.45) is 0. The second kappa shape index (κ2) is 13.4. The molecule has 0 unspecified atom stereocenters. The van der Waals surface area contributed by atoms with E-state index in [1.807, 2.05) is 0 Å². The van der Waals surface area contributed by atoms with Crippen molar-refractivity contribution < 1.29 is 4.42 Å². The Kier molecular flexibility index (Phi) is 7.85. The van der Waals surface area contributed by atoms with Gasteiger partial charge in [-0.1, -0.05) is 170 Å². The first-order valence-corrected chi connectivity index (χ1v) is 18.4. The second-order valence-corrected chi connectivity index (χ2v) is 13.7. The van der Waals surface area contributed by atoms with Crippen molar-refractivity contribution >= 4 is 49.8 Å². The number of para-hydroxylation sites is 1. The third-order valence-corrected chi connectivity index (χ3v) is 10.5. The maximum atomic E-state index is 6.64. The van der Waals surface area contributed by atoms with E-state index in [4.69, 9.17) is 4.42 Å². The number of hydrogen-bond acceptors (Lipinski definition) is 2. The lowest BCUT2D eigenvalue weighted by atomic mass is 9.95. The monoisotopic (exact) mass is 689 g/mol. The molecule has 254 valence electrons. The van der Waals surface area contributed by atoms with Gasteiger partial charge in [0.05, 0.1) is 5.69 Å². The minimum Gasteiger partial charge on any atom is -0.455 e. The Morgan fingerprint density at radius 2 is 0.889 bits per heavy atom. The largest absolute Gasteiger partial charge is 0.455 e. The van der Waals surface area contributed by atoms with Crippen LogP contribution in [0.2, 0.25) is 0 Å². The van der Waals surface area contributed by atoms with Crippen molar-refractivity contribution in [1.29, 1.82) is 0 Å². The minimum atomic E-state index is 0.883. The quantitative estimate of drug-likeness (QED) is 0.166. The third-order valence-electron chi connectivity index (χ3n) is 10.5. The molecular weight excluding hydrogens is 655 g/mol. The summed E-state index contributed by atoms with van der Waals surface area (Å²) in [6, 6.07) is 75.8. The van der Waals surface area contributed by atoms with Gasteiger partial charge in [0.2, 0.25) is 0 Å². The molecule has 0 radical (unpaired) electrons. The van der Waals surface area contributed by atoms with Gasteiger partial charge in [0.1, 0.15) is 11.2 Å². The molecule has 1 heterocycles. The van der Waals surface area contributed by atoms with E-state index >= 15 is 0 Å². The van der Waals surface area contributed by atoms with Gasteiger partial charge in [-0.05, 0) is 86.8 Å².